The lowest BCUT2D eigenvalue weighted by Gasteiger charge is -2.01. The number of carbonyl (C=O) groups is 1. The van der Waals surface area contributed by atoms with Crippen molar-refractivity contribution in [3.63, 3.8) is 0 Å². The SMILES string of the molecule is NNC(=S)NC(=O)CS. The number of nitrogens with two attached hydrogens (primary N) is 1. The Hall–Kier alpha value is -0.330. The lowest BCUT2D eigenvalue weighted by Crippen LogP contribution is -2.43. The van der Waals surface area contributed by atoms with E-state index >= 15 is 0 Å². The van der Waals surface area contributed by atoms with E-state index in [1.165, 1.54) is 0 Å². The first-order valence-electron chi connectivity index (χ1n) is 2.12. The van der Waals surface area contributed by atoms with Crippen molar-refractivity contribution in [3.8, 4) is 0 Å². The first-order chi connectivity index (χ1) is 4.20. The molecule has 0 saturated carbocycles. The van der Waals surface area contributed by atoms with Crippen LogP contribution < -0.4 is 16.6 Å². The summed E-state index contributed by atoms with van der Waals surface area (Å²) in [7, 11) is 0. The number of hydrazine groups is 1. The fourth-order valence-corrected chi connectivity index (χ4v) is 0.395. The van der Waals surface area contributed by atoms with Crippen LogP contribution >= 0.6 is 24.8 Å². The third-order valence-corrected chi connectivity index (χ3v) is 1.03. The Morgan fingerprint density at radius 2 is 2.33 bits per heavy atom. The number of amides is 1. The average Bonchev–Trinajstić information content (AvgIpc) is 1.87. The van der Waals surface area contributed by atoms with Crippen LogP contribution in [0.5, 0.6) is 0 Å². The molecule has 0 atom stereocenters. The van der Waals surface area contributed by atoms with Gasteiger partial charge in [0.15, 0.2) is 5.11 Å². The fourth-order valence-electron chi connectivity index (χ4n) is 0.202. The molecule has 0 rings (SSSR count). The van der Waals surface area contributed by atoms with E-state index in [2.05, 4.69) is 35.6 Å². The number of thiocarbonyl (C=S) groups is 1. The molecule has 9 heavy (non-hydrogen) atoms. The quantitative estimate of drug-likeness (QED) is 0.170. The molecule has 1 amide bonds. The van der Waals surface area contributed by atoms with Gasteiger partial charge in [0.05, 0.1) is 5.75 Å². The molecule has 0 aliphatic rings. The minimum absolute atomic E-state index is 0.0990. The first-order valence-corrected chi connectivity index (χ1v) is 3.16. The average molecular weight is 165 g/mol. The monoisotopic (exact) mass is 165 g/mol. The maximum absolute atomic E-state index is 10.4. The van der Waals surface area contributed by atoms with Gasteiger partial charge in [-0.15, -0.1) is 0 Å². The summed E-state index contributed by atoms with van der Waals surface area (Å²) in [6.07, 6.45) is 0. The van der Waals surface area contributed by atoms with Crippen molar-refractivity contribution < 1.29 is 4.79 Å². The van der Waals surface area contributed by atoms with Crippen molar-refractivity contribution in [2.75, 3.05) is 5.75 Å². The van der Waals surface area contributed by atoms with E-state index in [-0.39, 0.29) is 16.8 Å². The van der Waals surface area contributed by atoms with Crippen molar-refractivity contribution in [1.82, 2.24) is 10.7 Å². The topological polar surface area (TPSA) is 67.2 Å². The highest BCUT2D eigenvalue weighted by atomic mass is 32.1. The van der Waals surface area contributed by atoms with Crippen molar-refractivity contribution in [2.24, 2.45) is 5.84 Å². The molecule has 4 N–H and O–H groups in total. The first kappa shape index (κ1) is 8.67. The van der Waals surface area contributed by atoms with Crippen molar-refractivity contribution in [1.29, 1.82) is 0 Å². The zero-order chi connectivity index (χ0) is 7.28. The summed E-state index contributed by atoms with van der Waals surface area (Å²) >= 11 is 8.18. The minimum atomic E-state index is -0.277. The van der Waals surface area contributed by atoms with E-state index in [0.29, 0.717) is 0 Å². The van der Waals surface area contributed by atoms with Crippen LogP contribution in [0.1, 0.15) is 0 Å². The Morgan fingerprint density at radius 1 is 1.78 bits per heavy atom. The van der Waals surface area contributed by atoms with Gasteiger partial charge < -0.3 is 10.7 Å². The van der Waals surface area contributed by atoms with Crippen LogP contribution in [0.2, 0.25) is 0 Å². The standard InChI is InChI=1S/C3H7N3OS2/c4-6-3(9)5-2(7)1-8/h8H,1,4H2,(H2,5,6,7,9). The molecule has 0 aromatic carbocycles. The van der Waals surface area contributed by atoms with Crippen LogP contribution in [0.25, 0.3) is 0 Å². The Morgan fingerprint density at radius 3 is 2.67 bits per heavy atom. The highest BCUT2D eigenvalue weighted by Gasteiger charge is 1.97. The second kappa shape index (κ2) is 4.54. The molecule has 52 valence electrons. The van der Waals surface area contributed by atoms with Gasteiger partial charge in [0.1, 0.15) is 0 Å². The Kier molecular flexibility index (Phi) is 4.37. The van der Waals surface area contributed by atoms with Crippen LogP contribution in [-0.4, -0.2) is 16.8 Å². The highest BCUT2D eigenvalue weighted by molar-refractivity contribution is 7.81. The van der Waals surface area contributed by atoms with Gasteiger partial charge in [-0.2, -0.15) is 12.6 Å². The summed E-state index contributed by atoms with van der Waals surface area (Å²) in [4.78, 5) is 10.4. The van der Waals surface area contributed by atoms with E-state index in [9.17, 15) is 4.79 Å². The zero-order valence-electron chi connectivity index (χ0n) is 4.55. The molecule has 0 heterocycles. The van der Waals surface area contributed by atoms with Crippen LogP contribution in [0.4, 0.5) is 0 Å². The second-order valence-corrected chi connectivity index (χ2v) is 1.90. The van der Waals surface area contributed by atoms with E-state index in [4.69, 9.17) is 5.84 Å². The highest BCUT2D eigenvalue weighted by Crippen LogP contribution is 1.71. The number of hydrogen-bond acceptors (Lipinski definition) is 4. The minimum Gasteiger partial charge on any atom is -0.301 e. The summed E-state index contributed by atoms with van der Waals surface area (Å²) in [5, 5.41) is 2.36. The molecule has 0 unspecified atom stereocenters. The van der Waals surface area contributed by atoms with Gasteiger partial charge in [-0.3, -0.25) is 4.79 Å². The van der Waals surface area contributed by atoms with E-state index < -0.39 is 0 Å². The summed E-state index contributed by atoms with van der Waals surface area (Å²) < 4.78 is 0. The zero-order valence-corrected chi connectivity index (χ0v) is 6.26. The van der Waals surface area contributed by atoms with Crippen molar-refractivity contribution in [3.05, 3.63) is 0 Å². The van der Waals surface area contributed by atoms with E-state index in [0.717, 1.165) is 0 Å². The second-order valence-electron chi connectivity index (χ2n) is 1.18. The fraction of sp³-hybridized carbons (Fsp3) is 0.333. The molecule has 0 saturated heterocycles. The number of hydrogen-bond donors (Lipinski definition) is 4. The molecule has 4 nitrogen and oxygen atoms in total. The van der Waals surface area contributed by atoms with Crippen molar-refractivity contribution in [2.45, 2.75) is 0 Å². The van der Waals surface area contributed by atoms with Crippen LogP contribution in [0.3, 0.4) is 0 Å². The van der Waals surface area contributed by atoms with Gasteiger partial charge in [0.25, 0.3) is 0 Å². The van der Waals surface area contributed by atoms with Gasteiger partial charge in [0.2, 0.25) is 5.91 Å². The Balaban J connectivity index is 3.47. The molecule has 0 spiro atoms. The number of rotatable bonds is 1. The summed E-state index contributed by atoms with van der Waals surface area (Å²) in [5.41, 5.74) is 2.10. The molecule has 0 aromatic rings. The number of thiol groups is 1. The van der Waals surface area contributed by atoms with Gasteiger partial charge in [-0.25, -0.2) is 5.84 Å². The van der Waals surface area contributed by atoms with Gasteiger partial charge in [0, 0.05) is 0 Å². The maximum atomic E-state index is 10.4. The third kappa shape index (κ3) is 4.19. The van der Waals surface area contributed by atoms with Crippen LogP contribution in [0.15, 0.2) is 0 Å². The lowest BCUT2D eigenvalue weighted by atomic mass is 10.7. The summed E-state index contributed by atoms with van der Waals surface area (Å²) in [6.45, 7) is 0. The Bertz CT molecular complexity index is 112. The summed E-state index contributed by atoms with van der Waals surface area (Å²) in [5.74, 6) is 4.67. The van der Waals surface area contributed by atoms with Gasteiger partial charge >= 0.3 is 0 Å². The molecule has 0 aliphatic heterocycles. The molecular formula is C3H7N3OS2. The third-order valence-electron chi connectivity index (χ3n) is 0.528. The molecule has 0 bridgehead atoms. The van der Waals surface area contributed by atoms with Crippen LogP contribution in [0, 0.1) is 0 Å². The number of nitrogens with one attached hydrogen (secondary N) is 2. The smallest absolute Gasteiger partial charge is 0.235 e. The number of carbonyl (C=O) groups excluding carboxylic acids is 1. The van der Waals surface area contributed by atoms with E-state index in [1.54, 1.807) is 0 Å². The predicted octanol–water partition coefficient (Wildman–Crippen LogP) is -1.22. The predicted molar refractivity (Wildman–Crippen MR) is 41.9 cm³/mol. The molecule has 0 aliphatic carbocycles. The maximum Gasteiger partial charge on any atom is 0.235 e. The van der Waals surface area contributed by atoms with Crippen LogP contribution in [-0.2, 0) is 4.79 Å². The lowest BCUT2D eigenvalue weighted by molar-refractivity contribution is -0.117. The van der Waals surface area contributed by atoms with Gasteiger partial charge in [-0.1, -0.05) is 0 Å². The molecular weight excluding hydrogens is 158 g/mol. The van der Waals surface area contributed by atoms with Crippen molar-refractivity contribution >= 4 is 35.9 Å². The molecule has 6 heteroatoms. The summed E-state index contributed by atoms with van der Waals surface area (Å²) in [6, 6.07) is 0. The van der Waals surface area contributed by atoms with E-state index in [1.807, 2.05) is 0 Å². The molecule has 0 aromatic heterocycles. The molecule has 0 fully saturated rings. The molecule has 0 radical (unpaired) electrons. The largest absolute Gasteiger partial charge is 0.301 e. The Labute approximate surface area is 63.6 Å². The normalized spacial score (nSPS) is 8.22. The van der Waals surface area contributed by atoms with Gasteiger partial charge in [-0.05, 0) is 12.2 Å².